The van der Waals surface area contributed by atoms with Crippen LogP contribution in [0, 0.1) is 0 Å². The lowest BCUT2D eigenvalue weighted by Gasteiger charge is -2.15. The third kappa shape index (κ3) is 3.67. The van der Waals surface area contributed by atoms with Crippen LogP contribution in [-0.2, 0) is 9.16 Å². The quantitative estimate of drug-likeness (QED) is 0.441. The average molecular weight is 146 g/mol. The Balaban J connectivity index is 2.03. The third-order valence-corrected chi connectivity index (χ3v) is 2.14. The molecule has 0 aromatic rings. The van der Waals surface area contributed by atoms with E-state index in [0.717, 1.165) is 13.2 Å². The summed E-state index contributed by atoms with van der Waals surface area (Å²) in [6.45, 7) is 8.29. The molecule has 1 aliphatic heterocycles. The highest BCUT2D eigenvalue weighted by molar-refractivity contribution is 6.69. The van der Waals surface area contributed by atoms with Crippen LogP contribution in [0.5, 0.6) is 0 Å². The van der Waals surface area contributed by atoms with Gasteiger partial charge in [0.15, 0.2) is 8.32 Å². The molecule has 0 aromatic carbocycles. The van der Waals surface area contributed by atoms with Crippen molar-refractivity contribution in [3.05, 3.63) is 0 Å². The Hall–Kier alpha value is 0.137. The summed E-state index contributed by atoms with van der Waals surface area (Å²) in [7, 11) is -1.26. The van der Waals surface area contributed by atoms with E-state index >= 15 is 0 Å². The van der Waals surface area contributed by atoms with Crippen molar-refractivity contribution in [2.75, 3.05) is 13.2 Å². The average Bonchev–Trinajstić information content (AvgIpc) is 2.38. The van der Waals surface area contributed by atoms with Crippen LogP contribution >= 0.6 is 0 Å². The summed E-state index contributed by atoms with van der Waals surface area (Å²) >= 11 is 0. The van der Waals surface area contributed by atoms with E-state index in [1.54, 1.807) is 0 Å². The molecule has 1 fully saturated rings. The van der Waals surface area contributed by atoms with Gasteiger partial charge in [-0.05, 0) is 19.6 Å². The Morgan fingerprint density at radius 1 is 1.56 bits per heavy atom. The second-order valence-corrected chi connectivity index (χ2v) is 7.89. The first kappa shape index (κ1) is 7.25. The van der Waals surface area contributed by atoms with Gasteiger partial charge in [-0.15, -0.1) is 0 Å². The SMILES string of the molecule is C[Si](C)(C)OC[C@H]1CO1. The van der Waals surface area contributed by atoms with Crippen LogP contribution in [0.1, 0.15) is 0 Å². The van der Waals surface area contributed by atoms with E-state index in [9.17, 15) is 0 Å². The number of epoxide rings is 1. The van der Waals surface area contributed by atoms with E-state index in [1.807, 2.05) is 0 Å². The van der Waals surface area contributed by atoms with Crippen LogP contribution in [0.3, 0.4) is 0 Å². The first-order valence-electron chi connectivity index (χ1n) is 3.33. The number of hydrogen-bond donors (Lipinski definition) is 0. The minimum atomic E-state index is -1.26. The number of ether oxygens (including phenoxy) is 1. The normalized spacial score (nSPS) is 26.3. The first-order valence-corrected chi connectivity index (χ1v) is 6.74. The van der Waals surface area contributed by atoms with Gasteiger partial charge in [-0.1, -0.05) is 0 Å². The Morgan fingerprint density at radius 2 is 2.11 bits per heavy atom. The molecule has 1 atom stereocenters. The summed E-state index contributed by atoms with van der Waals surface area (Å²) < 4.78 is 10.6. The highest BCUT2D eigenvalue weighted by atomic mass is 28.4. The fourth-order valence-corrected chi connectivity index (χ4v) is 1.19. The molecule has 0 amide bonds. The van der Waals surface area contributed by atoms with Crippen LogP contribution in [0.2, 0.25) is 19.6 Å². The Bertz CT molecular complexity index is 93.7. The van der Waals surface area contributed by atoms with Crippen molar-refractivity contribution in [1.82, 2.24) is 0 Å². The molecular formula is C6H14O2Si. The fraction of sp³-hybridized carbons (Fsp3) is 1.00. The maximum atomic E-state index is 5.57. The fourth-order valence-electron chi connectivity index (χ4n) is 0.507. The van der Waals surface area contributed by atoms with Gasteiger partial charge in [0, 0.05) is 0 Å². The van der Waals surface area contributed by atoms with Crippen LogP contribution in [0.15, 0.2) is 0 Å². The van der Waals surface area contributed by atoms with Crippen molar-refractivity contribution in [3.63, 3.8) is 0 Å². The molecule has 0 N–H and O–H groups in total. The van der Waals surface area contributed by atoms with Crippen LogP contribution in [-0.4, -0.2) is 27.6 Å². The van der Waals surface area contributed by atoms with E-state index < -0.39 is 8.32 Å². The van der Waals surface area contributed by atoms with Crippen LogP contribution in [0.4, 0.5) is 0 Å². The van der Waals surface area contributed by atoms with Gasteiger partial charge in [0.2, 0.25) is 0 Å². The topological polar surface area (TPSA) is 21.8 Å². The van der Waals surface area contributed by atoms with E-state index in [2.05, 4.69) is 19.6 Å². The first-order chi connectivity index (χ1) is 4.08. The lowest BCUT2D eigenvalue weighted by molar-refractivity contribution is 0.257. The molecule has 2 nitrogen and oxygen atoms in total. The molecule has 54 valence electrons. The summed E-state index contributed by atoms with van der Waals surface area (Å²) in [6, 6.07) is 0. The van der Waals surface area contributed by atoms with Gasteiger partial charge in [-0.2, -0.15) is 0 Å². The van der Waals surface area contributed by atoms with Crippen LogP contribution in [0.25, 0.3) is 0 Å². The molecule has 0 radical (unpaired) electrons. The van der Waals surface area contributed by atoms with Gasteiger partial charge < -0.3 is 9.16 Å². The predicted octanol–water partition coefficient (Wildman–Crippen LogP) is 1.24. The summed E-state index contributed by atoms with van der Waals surface area (Å²) in [4.78, 5) is 0. The van der Waals surface area contributed by atoms with E-state index in [1.165, 1.54) is 0 Å². The van der Waals surface area contributed by atoms with Gasteiger partial charge >= 0.3 is 0 Å². The lowest BCUT2D eigenvalue weighted by atomic mass is 10.5. The molecule has 1 aliphatic rings. The van der Waals surface area contributed by atoms with E-state index in [-0.39, 0.29) is 0 Å². The van der Waals surface area contributed by atoms with Crippen LogP contribution < -0.4 is 0 Å². The summed E-state index contributed by atoms with van der Waals surface area (Å²) in [5, 5.41) is 0. The molecule has 1 saturated heterocycles. The van der Waals surface area contributed by atoms with Gasteiger partial charge in [0.25, 0.3) is 0 Å². The van der Waals surface area contributed by atoms with Crippen molar-refractivity contribution in [3.8, 4) is 0 Å². The molecule has 1 rings (SSSR count). The minimum Gasteiger partial charge on any atom is -0.415 e. The Kier molecular flexibility index (Phi) is 1.93. The second-order valence-electron chi connectivity index (χ2n) is 3.38. The molecule has 0 unspecified atom stereocenters. The summed E-state index contributed by atoms with van der Waals surface area (Å²) in [5.74, 6) is 0. The molecule has 0 bridgehead atoms. The Labute approximate surface area is 57.3 Å². The predicted molar refractivity (Wildman–Crippen MR) is 39.0 cm³/mol. The second kappa shape index (κ2) is 2.40. The molecule has 0 saturated carbocycles. The third-order valence-electron chi connectivity index (χ3n) is 1.10. The van der Waals surface area contributed by atoms with Gasteiger partial charge in [-0.3, -0.25) is 0 Å². The molecule has 0 spiro atoms. The smallest absolute Gasteiger partial charge is 0.183 e. The van der Waals surface area contributed by atoms with Gasteiger partial charge in [0.1, 0.15) is 6.10 Å². The molecule has 0 aliphatic carbocycles. The zero-order valence-electron chi connectivity index (χ0n) is 6.31. The van der Waals surface area contributed by atoms with Crippen molar-refractivity contribution < 1.29 is 9.16 Å². The largest absolute Gasteiger partial charge is 0.415 e. The van der Waals surface area contributed by atoms with Crippen molar-refractivity contribution >= 4 is 8.32 Å². The zero-order chi connectivity index (χ0) is 6.91. The standard InChI is InChI=1S/C6H14O2Si/c1-9(2,3)8-5-6-4-7-6/h6H,4-5H2,1-3H3/t6-/m1/s1. The molecule has 0 aromatic heterocycles. The highest BCUT2D eigenvalue weighted by Crippen LogP contribution is 2.12. The summed E-state index contributed by atoms with van der Waals surface area (Å²) in [5.41, 5.74) is 0. The van der Waals surface area contributed by atoms with Gasteiger partial charge in [-0.25, -0.2) is 0 Å². The zero-order valence-corrected chi connectivity index (χ0v) is 7.31. The maximum Gasteiger partial charge on any atom is 0.183 e. The molecule has 1 heterocycles. The monoisotopic (exact) mass is 146 g/mol. The highest BCUT2D eigenvalue weighted by Gasteiger charge is 2.25. The molecular weight excluding hydrogens is 132 g/mol. The number of rotatable bonds is 3. The van der Waals surface area contributed by atoms with Crippen molar-refractivity contribution in [2.45, 2.75) is 25.7 Å². The number of hydrogen-bond acceptors (Lipinski definition) is 2. The van der Waals surface area contributed by atoms with E-state index in [4.69, 9.17) is 9.16 Å². The van der Waals surface area contributed by atoms with E-state index in [0.29, 0.717) is 6.10 Å². The maximum absolute atomic E-state index is 5.57. The minimum absolute atomic E-state index is 0.428. The molecule has 9 heavy (non-hydrogen) atoms. The van der Waals surface area contributed by atoms with Crippen molar-refractivity contribution in [1.29, 1.82) is 0 Å². The Morgan fingerprint density at radius 3 is 2.44 bits per heavy atom. The van der Waals surface area contributed by atoms with Gasteiger partial charge in [0.05, 0.1) is 13.2 Å². The molecule has 3 heteroatoms. The summed E-state index contributed by atoms with van der Waals surface area (Å²) in [6.07, 6.45) is 0.428. The lowest BCUT2D eigenvalue weighted by Crippen LogP contribution is -2.27. The van der Waals surface area contributed by atoms with Crippen molar-refractivity contribution in [2.24, 2.45) is 0 Å².